The number of aromatic nitrogens is 2. The quantitative estimate of drug-likeness (QED) is 0.0225. The normalized spacial score (nSPS) is 11.9. The first-order valence-electron chi connectivity index (χ1n) is 28.1. The average molecular weight is 1330 g/mol. The van der Waals surface area contributed by atoms with E-state index in [9.17, 15) is 44.2 Å². The molecule has 0 aliphatic rings. The van der Waals surface area contributed by atoms with Gasteiger partial charge in [0, 0.05) is 86.4 Å². The fraction of sp³-hybridized carbons (Fsp3) is 0.290. The molecule has 0 saturated carbocycles. The van der Waals surface area contributed by atoms with Crippen molar-refractivity contribution in [1.29, 1.82) is 10.5 Å². The van der Waals surface area contributed by atoms with E-state index in [1.807, 2.05) is 39.8 Å². The van der Waals surface area contributed by atoms with Crippen molar-refractivity contribution in [3.63, 3.8) is 0 Å². The van der Waals surface area contributed by atoms with Crippen LogP contribution in [0.15, 0.2) is 171 Å². The van der Waals surface area contributed by atoms with Gasteiger partial charge < -0.3 is 30.7 Å². The zero-order valence-corrected chi connectivity index (χ0v) is 55.5. The Kier molecular flexibility index (Phi) is 27.1. The Morgan fingerprint density at radius 2 is 0.750 bits per heavy atom. The Bertz CT molecular complexity index is 4390. The van der Waals surface area contributed by atoms with Crippen LogP contribution in [0.4, 0.5) is 68.8 Å². The Morgan fingerprint density at radius 3 is 1.05 bits per heavy atom. The topological polar surface area (TPSA) is 375 Å². The summed E-state index contributed by atoms with van der Waals surface area (Å²) in [4.78, 5) is 9.36. The molecule has 0 amide bonds. The molecule has 0 unspecified atom stereocenters. The first kappa shape index (κ1) is 73.2. The van der Waals surface area contributed by atoms with E-state index in [4.69, 9.17) is 9.47 Å². The van der Waals surface area contributed by atoms with E-state index in [0.29, 0.717) is 102 Å². The lowest BCUT2D eigenvalue weighted by Crippen LogP contribution is -2.16. The molecule has 30 heteroatoms. The van der Waals surface area contributed by atoms with E-state index in [-0.39, 0.29) is 62.8 Å². The number of sulfone groups is 4. The second kappa shape index (κ2) is 34.0. The number of hydrogen-bond donors (Lipinski definition) is 4. The van der Waals surface area contributed by atoms with Crippen LogP contribution in [0.3, 0.4) is 0 Å². The average Bonchev–Trinajstić information content (AvgIpc) is 0.828. The van der Waals surface area contributed by atoms with Crippen molar-refractivity contribution in [3.8, 4) is 12.1 Å². The number of azo groups is 4. The molecule has 0 spiro atoms. The Balaban J connectivity index is 0.000000334. The zero-order chi connectivity index (χ0) is 67.8. The maximum Gasteiger partial charge on any atom is 0.199 e. The third-order valence-corrected chi connectivity index (χ3v) is 18.7. The summed E-state index contributed by atoms with van der Waals surface area (Å²) >= 11 is 0. The van der Waals surface area contributed by atoms with E-state index >= 15 is 0 Å². The fourth-order valence-electron chi connectivity index (χ4n) is 8.08. The molecule has 0 saturated heterocycles. The highest BCUT2D eigenvalue weighted by molar-refractivity contribution is 7.95. The molecule has 0 atom stereocenters. The van der Waals surface area contributed by atoms with Crippen LogP contribution in [-0.4, -0.2) is 109 Å². The molecule has 26 nitrogen and oxygen atoms in total. The molecule has 2 aromatic heterocycles. The van der Waals surface area contributed by atoms with Crippen molar-refractivity contribution >= 4 is 108 Å². The van der Waals surface area contributed by atoms with Gasteiger partial charge in [0.05, 0.1) is 66.5 Å². The minimum Gasteiger partial charge on any atom is -0.385 e. The van der Waals surface area contributed by atoms with Gasteiger partial charge in [0.25, 0.3) is 0 Å². The SMILES string of the molecule is C=CS(=O)(=O)CCNc1nc(NCCCOC)c(C#N)c(C)c1N=Nc1cc(C)c(N=Nc2ccc(S(=O)(=O)C=C)cc2)cc1C.C=CS(=O)(=O)CCNc1nc(NCCCOC)c(N=Nc2cc(C)c(N=Nc3ccc(S(=O)(=O)C=C)cc3)cc2C)c(C)c1C#N. The number of aryl methyl sites for hydroxylation is 4. The number of pyridine rings is 2. The van der Waals surface area contributed by atoms with Crippen LogP contribution >= 0.6 is 0 Å². The molecule has 0 bridgehead atoms. The van der Waals surface area contributed by atoms with Gasteiger partial charge in [-0.3, -0.25) is 0 Å². The zero-order valence-electron chi connectivity index (χ0n) is 52.2. The summed E-state index contributed by atoms with van der Waals surface area (Å²) < 4.78 is 106. The lowest BCUT2D eigenvalue weighted by molar-refractivity contribution is 0.197. The number of ether oxygens (including phenoxy) is 2. The van der Waals surface area contributed by atoms with Gasteiger partial charge in [0.2, 0.25) is 0 Å². The molecule has 2 heterocycles. The summed E-state index contributed by atoms with van der Waals surface area (Å²) in [5.74, 6) is 0.781. The monoisotopic (exact) mass is 1330 g/mol. The predicted octanol–water partition coefficient (Wildman–Crippen LogP) is 14.1. The van der Waals surface area contributed by atoms with Crippen molar-refractivity contribution in [2.75, 3.05) is 86.4 Å². The smallest absolute Gasteiger partial charge is 0.199 e. The third-order valence-electron chi connectivity index (χ3n) is 13.4. The maximum absolute atomic E-state index is 12.0. The number of nitrogens with one attached hydrogen (secondary N) is 4. The molecule has 484 valence electrons. The van der Waals surface area contributed by atoms with Gasteiger partial charge >= 0.3 is 0 Å². The minimum atomic E-state index is -3.54. The molecule has 0 fully saturated rings. The molecule has 6 rings (SSSR count). The van der Waals surface area contributed by atoms with E-state index in [2.05, 4.69) is 111 Å². The van der Waals surface area contributed by atoms with Gasteiger partial charge in [-0.05, 0) is 149 Å². The lowest BCUT2D eigenvalue weighted by atomic mass is 10.1. The van der Waals surface area contributed by atoms with Crippen LogP contribution in [0.2, 0.25) is 0 Å². The van der Waals surface area contributed by atoms with Gasteiger partial charge in [0.1, 0.15) is 35.1 Å². The number of nitrogens with zero attached hydrogens (tertiary/aromatic N) is 12. The maximum atomic E-state index is 12.0. The van der Waals surface area contributed by atoms with Crippen LogP contribution < -0.4 is 21.3 Å². The number of anilines is 4. The van der Waals surface area contributed by atoms with Crippen molar-refractivity contribution in [3.05, 3.63) is 165 Å². The van der Waals surface area contributed by atoms with Crippen molar-refractivity contribution in [2.24, 2.45) is 40.9 Å². The second-order valence-electron chi connectivity index (χ2n) is 20.1. The van der Waals surface area contributed by atoms with Gasteiger partial charge in [-0.25, -0.2) is 43.6 Å². The number of methoxy groups -OCH3 is 2. The molecule has 92 heavy (non-hydrogen) atoms. The summed E-state index contributed by atoms with van der Waals surface area (Å²) in [6.07, 6.45) is 1.37. The van der Waals surface area contributed by atoms with Crippen LogP contribution in [0.1, 0.15) is 57.3 Å². The summed E-state index contributed by atoms with van der Waals surface area (Å²) in [6, 6.07) is 23.5. The summed E-state index contributed by atoms with van der Waals surface area (Å²) in [7, 11) is -10.8. The molecule has 4 N–H and O–H groups in total. The molecule has 0 aliphatic heterocycles. The van der Waals surface area contributed by atoms with E-state index < -0.39 is 39.3 Å². The minimum absolute atomic E-state index is 0.0307. The van der Waals surface area contributed by atoms with Crippen LogP contribution in [0.5, 0.6) is 0 Å². The van der Waals surface area contributed by atoms with Crippen LogP contribution in [-0.2, 0) is 48.8 Å². The van der Waals surface area contributed by atoms with Crippen molar-refractivity contribution < 1.29 is 43.1 Å². The number of nitriles is 2. The Hall–Kier alpha value is -9.56. The lowest BCUT2D eigenvalue weighted by Gasteiger charge is -2.15. The molecular formula is C62H72N16O10S4. The van der Waals surface area contributed by atoms with Gasteiger partial charge in [-0.1, -0.05) is 26.3 Å². The fourth-order valence-corrected chi connectivity index (χ4v) is 10.6. The van der Waals surface area contributed by atoms with Gasteiger partial charge in [-0.15, -0.1) is 10.2 Å². The highest BCUT2D eigenvalue weighted by Gasteiger charge is 2.21. The van der Waals surface area contributed by atoms with E-state index in [0.717, 1.165) is 43.9 Å². The molecule has 0 aliphatic carbocycles. The summed E-state index contributed by atoms with van der Waals surface area (Å²) in [6.45, 7) is 26.3. The highest BCUT2D eigenvalue weighted by Crippen LogP contribution is 2.39. The van der Waals surface area contributed by atoms with Crippen molar-refractivity contribution in [1.82, 2.24) is 9.97 Å². The second-order valence-corrected chi connectivity index (χ2v) is 28.0. The van der Waals surface area contributed by atoms with Crippen molar-refractivity contribution in [2.45, 2.75) is 64.2 Å². The Labute approximate surface area is 537 Å². The Morgan fingerprint density at radius 1 is 0.446 bits per heavy atom. The molecule has 6 aromatic rings. The summed E-state index contributed by atoms with van der Waals surface area (Å²) in [5.41, 5.74) is 8.43. The summed E-state index contributed by atoms with van der Waals surface area (Å²) in [5, 5.41) is 70.8. The van der Waals surface area contributed by atoms with Gasteiger partial charge in [-0.2, -0.15) is 41.2 Å². The van der Waals surface area contributed by atoms with Crippen LogP contribution in [0.25, 0.3) is 0 Å². The third kappa shape index (κ3) is 20.7. The number of benzene rings is 4. The number of hydrogen-bond acceptors (Lipinski definition) is 26. The highest BCUT2D eigenvalue weighted by atomic mass is 32.2. The molecule has 4 aromatic carbocycles. The largest absolute Gasteiger partial charge is 0.385 e. The van der Waals surface area contributed by atoms with Crippen LogP contribution in [0, 0.1) is 64.2 Å². The molecule has 0 radical (unpaired) electrons. The van der Waals surface area contributed by atoms with E-state index in [1.54, 1.807) is 64.5 Å². The van der Waals surface area contributed by atoms with Gasteiger partial charge in [0.15, 0.2) is 51.0 Å². The molecular weight excluding hydrogens is 1260 g/mol. The first-order valence-corrected chi connectivity index (χ1v) is 34.6. The predicted molar refractivity (Wildman–Crippen MR) is 358 cm³/mol. The number of rotatable bonds is 32. The first-order chi connectivity index (χ1) is 43.7. The standard InChI is InChI=1S/2C31H36N8O5S2/c1-7-45(40,41)17-15-34-30-26(20-32)23(5)29(31(35-30)33-14-9-16-44-6)39-38-28-19-21(3)27(18-22(28)4)37-36-24-10-12-25(13-11-24)46(42,43)8-2;1-7-45(40,41)17-15-34-31-29(23(5)26(20-32)30(35-31)33-14-9-16-44-6)39-38-28-19-21(3)27(18-22(28)4)37-36-24-10-12-25(13-11-24)46(42,43)8-2/h2*7-8,10-13,18-19H,1-2,9,14-17H2,3-6H3,(H2,33,34,35). The van der Waals surface area contributed by atoms with E-state index in [1.165, 1.54) is 24.3 Å².